The lowest BCUT2D eigenvalue weighted by molar-refractivity contribution is -0.125. The predicted octanol–water partition coefficient (Wildman–Crippen LogP) is 3.44. The summed E-state index contributed by atoms with van der Waals surface area (Å²) in [4.78, 5) is 30.0. The second kappa shape index (κ2) is 9.91. The van der Waals surface area contributed by atoms with Crippen molar-refractivity contribution in [3.63, 3.8) is 0 Å². The van der Waals surface area contributed by atoms with Crippen molar-refractivity contribution >= 4 is 23.7 Å². The van der Waals surface area contributed by atoms with Crippen LogP contribution in [0.1, 0.15) is 37.0 Å². The third-order valence-electron chi connectivity index (χ3n) is 4.72. The quantitative estimate of drug-likeness (QED) is 0.676. The largest absolute Gasteiger partial charge is 0.490 e. The molecule has 1 aliphatic rings. The molecule has 0 radical (unpaired) electrons. The lowest BCUT2D eigenvalue weighted by Gasteiger charge is -2.20. The molecule has 7 nitrogen and oxygen atoms in total. The van der Waals surface area contributed by atoms with Crippen molar-refractivity contribution in [2.24, 2.45) is 0 Å². The molecule has 0 atom stereocenters. The first-order chi connectivity index (χ1) is 14.5. The fourth-order valence-corrected chi connectivity index (χ4v) is 3.26. The molecule has 0 fully saturated rings. The van der Waals surface area contributed by atoms with E-state index in [1.54, 1.807) is 24.2 Å². The Bertz CT molecular complexity index is 955. The zero-order valence-electron chi connectivity index (χ0n) is 17.6. The average molecular weight is 409 g/mol. The maximum absolute atomic E-state index is 12.6. The Balaban J connectivity index is 1.69. The molecule has 0 spiro atoms. The number of hydrogen-bond donors (Lipinski definition) is 1. The van der Waals surface area contributed by atoms with E-state index in [4.69, 9.17) is 9.47 Å². The smallest absolute Gasteiger partial charge is 0.246 e. The highest BCUT2D eigenvalue weighted by Gasteiger charge is 2.16. The van der Waals surface area contributed by atoms with Gasteiger partial charge in [0, 0.05) is 37.8 Å². The van der Waals surface area contributed by atoms with Crippen LogP contribution in [0.5, 0.6) is 11.5 Å². The number of carbonyl (C=O) groups is 2. The first-order valence-electron chi connectivity index (χ1n) is 10.1. The number of amides is 2. The van der Waals surface area contributed by atoms with Gasteiger partial charge in [-0.2, -0.15) is 0 Å². The third kappa shape index (κ3) is 5.17. The first kappa shape index (κ1) is 21.4. The van der Waals surface area contributed by atoms with Gasteiger partial charge >= 0.3 is 0 Å². The Kier molecular flexibility index (Phi) is 7.06. The Labute approximate surface area is 176 Å². The number of carbonyl (C=O) groups excluding carboxylic acids is 2. The van der Waals surface area contributed by atoms with Gasteiger partial charge in [-0.25, -0.2) is 4.98 Å². The van der Waals surface area contributed by atoms with Gasteiger partial charge in [-0.15, -0.1) is 0 Å². The van der Waals surface area contributed by atoms with Crippen molar-refractivity contribution < 1.29 is 19.1 Å². The van der Waals surface area contributed by atoms with Gasteiger partial charge in [0.25, 0.3) is 0 Å². The number of aromatic nitrogens is 1. The van der Waals surface area contributed by atoms with Crippen molar-refractivity contribution in [2.45, 2.75) is 33.2 Å². The van der Waals surface area contributed by atoms with Gasteiger partial charge in [-0.1, -0.05) is 12.1 Å². The van der Waals surface area contributed by atoms with E-state index in [2.05, 4.69) is 10.3 Å². The highest BCUT2D eigenvalue weighted by Crippen LogP contribution is 2.32. The molecule has 3 rings (SSSR count). The number of anilines is 1. The molecule has 0 aliphatic carbocycles. The molecule has 2 aromatic rings. The number of fused-ring (bicyclic) bond motifs is 1. The highest BCUT2D eigenvalue weighted by atomic mass is 16.5. The molecular formula is C23H27N3O4. The van der Waals surface area contributed by atoms with Gasteiger partial charge in [-0.05, 0) is 49.6 Å². The van der Waals surface area contributed by atoms with E-state index in [-0.39, 0.29) is 11.8 Å². The normalized spacial score (nSPS) is 13.0. The summed E-state index contributed by atoms with van der Waals surface area (Å²) < 4.78 is 11.4. The van der Waals surface area contributed by atoms with Crippen LogP contribution in [0.3, 0.4) is 0 Å². The molecule has 1 aliphatic heterocycles. The second-order valence-corrected chi connectivity index (χ2v) is 6.96. The lowest BCUT2D eigenvalue weighted by Crippen LogP contribution is -2.24. The highest BCUT2D eigenvalue weighted by molar-refractivity contribution is 5.93. The standard InChI is InChI=1S/C23H27N3O4/c1-4-29-19-8-6-7-18(22(19)30-5-2)15-26(3)21(28)12-9-16-13-17-10-11-20(27)25-23(17)24-14-16/h6-9,12-14H,4-5,10-11,15H2,1-3H3,(H,24,25,27)/b12-9+. The molecule has 0 saturated heterocycles. The van der Waals surface area contributed by atoms with Gasteiger partial charge in [0.15, 0.2) is 11.5 Å². The lowest BCUT2D eigenvalue weighted by atomic mass is 10.0. The van der Waals surface area contributed by atoms with Crippen molar-refractivity contribution in [3.8, 4) is 11.5 Å². The molecule has 0 saturated carbocycles. The minimum absolute atomic E-state index is 0.0186. The van der Waals surface area contributed by atoms with Gasteiger partial charge in [0.1, 0.15) is 5.82 Å². The van der Waals surface area contributed by atoms with Crippen molar-refractivity contribution in [1.29, 1.82) is 0 Å². The fourth-order valence-electron chi connectivity index (χ4n) is 3.26. The van der Waals surface area contributed by atoms with Crippen LogP contribution in [-0.2, 0) is 22.6 Å². The van der Waals surface area contributed by atoms with E-state index in [0.717, 1.165) is 16.7 Å². The molecular weight excluding hydrogens is 382 g/mol. The minimum Gasteiger partial charge on any atom is -0.490 e. The molecule has 2 amide bonds. The van der Waals surface area contributed by atoms with E-state index in [1.165, 1.54) is 6.08 Å². The number of para-hydroxylation sites is 1. The number of likely N-dealkylation sites (N-methyl/N-ethyl adjacent to an activating group) is 1. The number of ether oxygens (including phenoxy) is 2. The molecule has 158 valence electrons. The molecule has 30 heavy (non-hydrogen) atoms. The van der Waals surface area contributed by atoms with Crippen LogP contribution in [0.15, 0.2) is 36.5 Å². The maximum atomic E-state index is 12.6. The topological polar surface area (TPSA) is 80.8 Å². The molecule has 0 unspecified atom stereocenters. The Morgan fingerprint density at radius 1 is 1.23 bits per heavy atom. The van der Waals surface area contributed by atoms with Crippen LogP contribution >= 0.6 is 0 Å². The SMILES string of the molecule is CCOc1cccc(CN(C)C(=O)/C=C/c2cnc3c(c2)CCC(=O)N3)c1OCC. The van der Waals surface area contributed by atoms with E-state index < -0.39 is 0 Å². The number of nitrogens with zero attached hydrogens (tertiary/aromatic N) is 2. The first-order valence-corrected chi connectivity index (χ1v) is 10.1. The Morgan fingerprint density at radius 3 is 2.80 bits per heavy atom. The summed E-state index contributed by atoms with van der Waals surface area (Å²) in [5, 5.41) is 2.76. The second-order valence-electron chi connectivity index (χ2n) is 6.96. The van der Waals surface area contributed by atoms with Gasteiger partial charge in [0.05, 0.1) is 13.2 Å². The molecule has 2 heterocycles. The Hall–Kier alpha value is -3.35. The average Bonchev–Trinajstić information content (AvgIpc) is 2.74. The zero-order chi connectivity index (χ0) is 21.5. The number of benzene rings is 1. The number of nitrogens with one attached hydrogen (secondary N) is 1. The van der Waals surface area contributed by atoms with Crippen LogP contribution in [0, 0.1) is 0 Å². The third-order valence-corrected chi connectivity index (χ3v) is 4.72. The van der Waals surface area contributed by atoms with E-state index in [0.29, 0.717) is 49.9 Å². The number of hydrogen-bond acceptors (Lipinski definition) is 5. The van der Waals surface area contributed by atoms with Crippen LogP contribution < -0.4 is 14.8 Å². The number of rotatable bonds is 8. The van der Waals surface area contributed by atoms with E-state index in [9.17, 15) is 9.59 Å². The van der Waals surface area contributed by atoms with Crippen LogP contribution in [0.4, 0.5) is 5.82 Å². The van der Waals surface area contributed by atoms with Crippen molar-refractivity contribution in [3.05, 3.63) is 53.2 Å². The van der Waals surface area contributed by atoms with E-state index >= 15 is 0 Å². The number of pyridine rings is 1. The zero-order valence-corrected chi connectivity index (χ0v) is 17.6. The van der Waals surface area contributed by atoms with Gasteiger partial charge < -0.3 is 19.7 Å². The van der Waals surface area contributed by atoms with Crippen molar-refractivity contribution in [2.75, 3.05) is 25.6 Å². The summed E-state index contributed by atoms with van der Waals surface area (Å²) in [6.07, 6.45) is 6.01. The Morgan fingerprint density at radius 2 is 2.03 bits per heavy atom. The summed E-state index contributed by atoms with van der Waals surface area (Å²) >= 11 is 0. The molecule has 7 heteroatoms. The molecule has 1 aromatic heterocycles. The predicted molar refractivity (Wildman–Crippen MR) is 115 cm³/mol. The fraction of sp³-hybridized carbons (Fsp3) is 0.348. The van der Waals surface area contributed by atoms with Crippen LogP contribution in [0.2, 0.25) is 0 Å². The number of aryl methyl sites for hydroxylation is 1. The van der Waals surface area contributed by atoms with Gasteiger partial charge in [0.2, 0.25) is 11.8 Å². The molecule has 1 N–H and O–H groups in total. The summed E-state index contributed by atoms with van der Waals surface area (Å²) in [5.41, 5.74) is 2.69. The monoisotopic (exact) mass is 409 g/mol. The van der Waals surface area contributed by atoms with Crippen LogP contribution in [0.25, 0.3) is 6.08 Å². The van der Waals surface area contributed by atoms with Gasteiger partial charge in [-0.3, -0.25) is 9.59 Å². The molecule has 0 bridgehead atoms. The minimum atomic E-state index is -0.134. The summed E-state index contributed by atoms with van der Waals surface area (Å²) in [6, 6.07) is 7.65. The van der Waals surface area contributed by atoms with E-state index in [1.807, 2.05) is 38.1 Å². The summed E-state index contributed by atoms with van der Waals surface area (Å²) in [6.45, 7) is 5.29. The van der Waals surface area contributed by atoms with Crippen LogP contribution in [-0.4, -0.2) is 42.0 Å². The molecule has 1 aromatic carbocycles. The summed E-state index contributed by atoms with van der Waals surface area (Å²) in [5.74, 6) is 1.80. The maximum Gasteiger partial charge on any atom is 0.246 e. The summed E-state index contributed by atoms with van der Waals surface area (Å²) in [7, 11) is 1.75. The van der Waals surface area contributed by atoms with Crippen molar-refractivity contribution in [1.82, 2.24) is 9.88 Å².